The van der Waals surface area contributed by atoms with E-state index in [1.54, 1.807) is 11.4 Å². The van der Waals surface area contributed by atoms with Gasteiger partial charge in [0.25, 0.3) is 0 Å². The lowest BCUT2D eigenvalue weighted by molar-refractivity contribution is 0.579. The molecular formula is C12H13FN2O2S2. The summed E-state index contributed by atoms with van der Waals surface area (Å²) in [5.74, 6) is -0.394. The Labute approximate surface area is 115 Å². The molecule has 0 aliphatic rings. The van der Waals surface area contributed by atoms with E-state index in [1.807, 2.05) is 0 Å². The summed E-state index contributed by atoms with van der Waals surface area (Å²) in [5.41, 5.74) is 6.05. The smallest absolute Gasteiger partial charge is 0.242 e. The van der Waals surface area contributed by atoms with Gasteiger partial charge in [-0.25, -0.2) is 17.5 Å². The molecule has 0 amide bonds. The molecule has 0 aliphatic carbocycles. The van der Waals surface area contributed by atoms with Crippen LogP contribution in [0.1, 0.15) is 10.4 Å². The van der Waals surface area contributed by atoms with Crippen molar-refractivity contribution < 1.29 is 12.8 Å². The summed E-state index contributed by atoms with van der Waals surface area (Å²) in [7, 11) is -3.61. The van der Waals surface area contributed by atoms with Crippen LogP contribution in [-0.4, -0.2) is 8.42 Å². The van der Waals surface area contributed by atoms with E-state index >= 15 is 0 Å². The maximum absolute atomic E-state index is 13.0. The molecule has 0 unspecified atom stereocenters. The number of thiophene rings is 1. The molecule has 0 fully saturated rings. The first-order valence-electron chi connectivity index (χ1n) is 5.53. The number of nitrogens with two attached hydrogens (primary N) is 1. The molecule has 0 atom stereocenters. The van der Waals surface area contributed by atoms with Gasteiger partial charge in [0.2, 0.25) is 10.0 Å². The summed E-state index contributed by atoms with van der Waals surface area (Å²) < 4.78 is 39.6. The van der Waals surface area contributed by atoms with Crippen molar-refractivity contribution in [2.24, 2.45) is 5.73 Å². The largest absolute Gasteiger partial charge is 0.326 e. The van der Waals surface area contributed by atoms with Crippen LogP contribution in [0.15, 0.2) is 40.6 Å². The van der Waals surface area contributed by atoms with Crippen LogP contribution in [-0.2, 0) is 23.1 Å². The molecular weight excluding hydrogens is 287 g/mol. The quantitative estimate of drug-likeness (QED) is 0.885. The predicted octanol–water partition coefficient (Wildman–Crippen LogP) is 1.82. The van der Waals surface area contributed by atoms with Crippen LogP contribution in [0.25, 0.3) is 0 Å². The minimum atomic E-state index is -3.61. The normalized spacial score (nSPS) is 11.7. The van der Waals surface area contributed by atoms with Crippen LogP contribution in [0.5, 0.6) is 0 Å². The molecule has 19 heavy (non-hydrogen) atoms. The molecule has 2 rings (SSSR count). The number of rotatable bonds is 5. The molecule has 3 N–H and O–H groups in total. The topological polar surface area (TPSA) is 72.2 Å². The SMILES string of the molecule is NCc1sccc1S(=O)(=O)NCc1cccc(F)c1. The van der Waals surface area contributed by atoms with Gasteiger partial charge in [-0.2, -0.15) is 0 Å². The molecule has 0 radical (unpaired) electrons. The third-order valence-corrected chi connectivity index (χ3v) is 5.09. The Bertz CT molecular complexity index is 668. The molecule has 1 aromatic carbocycles. The van der Waals surface area contributed by atoms with Gasteiger partial charge in [0.1, 0.15) is 5.82 Å². The summed E-state index contributed by atoms with van der Waals surface area (Å²) >= 11 is 1.30. The average molecular weight is 300 g/mol. The van der Waals surface area contributed by atoms with E-state index in [0.717, 1.165) is 0 Å². The Hall–Kier alpha value is -1.28. The van der Waals surface area contributed by atoms with Crippen molar-refractivity contribution in [3.8, 4) is 0 Å². The highest BCUT2D eigenvalue weighted by atomic mass is 32.2. The summed E-state index contributed by atoms with van der Waals surface area (Å²) in [5, 5.41) is 1.68. The average Bonchev–Trinajstić information content (AvgIpc) is 2.86. The van der Waals surface area contributed by atoms with Crippen LogP contribution in [0.2, 0.25) is 0 Å². The number of halogens is 1. The molecule has 4 nitrogen and oxygen atoms in total. The lowest BCUT2D eigenvalue weighted by Crippen LogP contribution is -2.24. The van der Waals surface area contributed by atoms with E-state index in [4.69, 9.17) is 5.73 Å². The van der Waals surface area contributed by atoms with Crippen molar-refractivity contribution >= 4 is 21.4 Å². The minimum Gasteiger partial charge on any atom is -0.326 e. The van der Waals surface area contributed by atoms with E-state index in [9.17, 15) is 12.8 Å². The van der Waals surface area contributed by atoms with Gasteiger partial charge in [0.05, 0.1) is 4.90 Å². The van der Waals surface area contributed by atoms with E-state index < -0.39 is 15.8 Å². The highest BCUT2D eigenvalue weighted by Gasteiger charge is 2.18. The molecule has 7 heteroatoms. The standard InChI is InChI=1S/C12H13FN2O2S2/c13-10-3-1-2-9(6-10)8-15-19(16,17)12-4-5-18-11(12)7-14/h1-6,15H,7-8,14H2. The fourth-order valence-corrected chi connectivity index (χ4v) is 3.97. The predicted molar refractivity (Wildman–Crippen MR) is 72.6 cm³/mol. The lowest BCUT2D eigenvalue weighted by atomic mass is 10.2. The van der Waals surface area contributed by atoms with Gasteiger partial charge in [-0.3, -0.25) is 0 Å². The van der Waals surface area contributed by atoms with Crippen LogP contribution in [0.4, 0.5) is 4.39 Å². The van der Waals surface area contributed by atoms with Crippen LogP contribution >= 0.6 is 11.3 Å². The summed E-state index contributed by atoms with van der Waals surface area (Å²) in [6.45, 7) is 0.216. The van der Waals surface area contributed by atoms with Crippen LogP contribution in [0, 0.1) is 5.82 Å². The monoisotopic (exact) mass is 300 g/mol. The van der Waals surface area contributed by atoms with E-state index in [1.165, 1.54) is 35.6 Å². The van der Waals surface area contributed by atoms with E-state index in [0.29, 0.717) is 10.4 Å². The lowest BCUT2D eigenvalue weighted by Gasteiger charge is -2.07. The zero-order valence-corrected chi connectivity index (χ0v) is 11.6. The molecule has 0 spiro atoms. The minimum absolute atomic E-state index is 0.0416. The summed E-state index contributed by atoms with van der Waals surface area (Å²) in [6.07, 6.45) is 0. The zero-order chi connectivity index (χ0) is 13.9. The first-order valence-corrected chi connectivity index (χ1v) is 7.90. The van der Waals surface area contributed by atoms with Gasteiger partial charge in [-0.1, -0.05) is 12.1 Å². The number of hydrogen-bond donors (Lipinski definition) is 2. The first-order chi connectivity index (χ1) is 9.03. The Morgan fingerprint density at radius 2 is 2.11 bits per heavy atom. The van der Waals surface area contributed by atoms with Crippen molar-refractivity contribution in [1.29, 1.82) is 0 Å². The van der Waals surface area contributed by atoms with Crippen LogP contribution in [0.3, 0.4) is 0 Å². The maximum Gasteiger partial charge on any atom is 0.242 e. The van der Waals surface area contributed by atoms with Crippen molar-refractivity contribution in [1.82, 2.24) is 4.72 Å². The second-order valence-electron chi connectivity index (χ2n) is 3.87. The molecule has 102 valence electrons. The summed E-state index contributed by atoms with van der Waals surface area (Å²) in [6, 6.07) is 7.31. The van der Waals surface area contributed by atoms with Gasteiger partial charge in [0, 0.05) is 18.0 Å². The fourth-order valence-electron chi connectivity index (χ4n) is 1.62. The molecule has 0 aliphatic heterocycles. The molecule has 1 heterocycles. The second-order valence-corrected chi connectivity index (χ2v) is 6.60. The molecule has 0 bridgehead atoms. The van der Waals surface area contributed by atoms with Crippen molar-refractivity contribution in [2.75, 3.05) is 0 Å². The van der Waals surface area contributed by atoms with Crippen LogP contribution < -0.4 is 10.5 Å². The Balaban J connectivity index is 2.14. The summed E-state index contributed by atoms with van der Waals surface area (Å²) in [4.78, 5) is 0.795. The third-order valence-electron chi connectivity index (χ3n) is 2.53. The third kappa shape index (κ3) is 3.38. The zero-order valence-electron chi connectivity index (χ0n) is 9.97. The molecule has 0 saturated heterocycles. The highest BCUT2D eigenvalue weighted by molar-refractivity contribution is 7.89. The molecule has 2 aromatic rings. The van der Waals surface area contributed by atoms with Crippen molar-refractivity contribution in [3.63, 3.8) is 0 Å². The highest BCUT2D eigenvalue weighted by Crippen LogP contribution is 2.21. The second kappa shape index (κ2) is 5.79. The Morgan fingerprint density at radius 3 is 2.79 bits per heavy atom. The Morgan fingerprint density at radius 1 is 1.32 bits per heavy atom. The molecule has 1 aromatic heterocycles. The number of nitrogens with one attached hydrogen (secondary N) is 1. The van der Waals surface area contributed by atoms with Gasteiger partial charge in [-0.15, -0.1) is 11.3 Å². The maximum atomic E-state index is 13.0. The van der Waals surface area contributed by atoms with Gasteiger partial charge in [0.15, 0.2) is 0 Å². The van der Waals surface area contributed by atoms with Crippen molar-refractivity contribution in [3.05, 3.63) is 52.0 Å². The van der Waals surface area contributed by atoms with Gasteiger partial charge >= 0.3 is 0 Å². The number of benzene rings is 1. The number of sulfonamides is 1. The van der Waals surface area contributed by atoms with E-state index in [-0.39, 0.29) is 18.0 Å². The molecule has 0 saturated carbocycles. The van der Waals surface area contributed by atoms with Gasteiger partial charge in [-0.05, 0) is 29.1 Å². The number of hydrogen-bond acceptors (Lipinski definition) is 4. The van der Waals surface area contributed by atoms with E-state index in [2.05, 4.69) is 4.72 Å². The fraction of sp³-hybridized carbons (Fsp3) is 0.167. The van der Waals surface area contributed by atoms with Crippen molar-refractivity contribution in [2.45, 2.75) is 18.0 Å². The Kier molecular flexibility index (Phi) is 4.31. The first kappa shape index (κ1) is 14.1. The van der Waals surface area contributed by atoms with Gasteiger partial charge < -0.3 is 5.73 Å².